The van der Waals surface area contributed by atoms with Crippen LogP contribution in [0.4, 0.5) is 4.39 Å². The lowest BCUT2D eigenvalue weighted by atomic mass is 9.97. The highest BCUT2D eigenvalue weighted by Gasteiger charge is 2.25. The van der Waals surface area contributed by atoms with Gasteiger partial charge in [0.1, 0.15) is 23.7 Å². The minimum absolute atomic E-state index is 0.0648. The number of nitrogens with zero attached hydrogens (tertiary/aromatic N) is 2. The predicted molar refractivity (Wildman–Crippen MR) is 146 cm³/mol. The number of halogens is 1. The number of carbonyl (C=O) groups is 1. The summed E-state index contributed by atoms with van der Waals surface area (Å²) in [5.41, 5.74) is 3.30. The van der Waals surface area contributed by atoms with Crippen LogP contribution in [-0.2, 0) is 20.1 Å². The monoisotopic (exact) mass is 529 g/mol. The number of hydrogen-bond acceptors (Lipinski definition) is 6. The van der Waals surface area contributed by atoms with Crippen LogP contribution in [0, 0.1) is 5.82 Å². The van der Waals surface area contributed by atoms with Crippen molar-refractivity contribution in [2.24, 2.45) is 7.05 Å². The van der Waals surface area contributed by atoms with Gasteiger partial charge in [-0.3, -0.25) is 9.78 Å². The molecule has 2 aromatic heterocycles. The number of fused-ring (bicyclic) bond motifs is 2. The molecule has 0 fully saturated rings. The van der Waals surface area contributed by atoms with E-state index >= 15 is 0 Å². The fourth-order valence-electron chi connectivity index (χ4n) is 4.63. The second kappa shape index (κ2) is 11.0. The Kier molecular flexibility index (Phi) is 7.33. The number of amides is 1. The van der Waals surface area contributed by atoms with E-state index in [2.05, 4.69) is 10.3 Å². The molecule has 0 unspecified atom stereocenters. The van der Waals surface area contributed by atoms with Gasteiger partial charge in [-0.1, -0.05) is 24.3 Å². The van der Waals surface area contributed by atoms with Gasteiger partial charge >= 0.3 is 0 Å². The van der Waals surface area contributed by atoms with Crippen molar-refractivity contribution in [3.8, 4) is 17.4 Å². The van der Waals surface area contributed by atoms with Crippen molar-refractivity contribution < 1.29 is 28.9 Å². The predicted octanol–water partition coefficient (Wildman–Crippen LogP) is 4.47. The number of pyridine rings is 1. The zero-order chi connectivity index (χ0) is 27.5. The highest BCUT2D eigenvalue weighted by atomic mass is 19.1. The van der Waals surface area contributed by atoms with Crippen LogP contribution in [0.15, 0.2) is 67.0 Å². The molecule has 0 aliphatic heterocycles. The molecule has 2 heterocycles. The standard InChI is InChI=1S/C30H28FN3O5/c1-34-16-24-25(29(36)32-11-12-35)23-14-20(13-18-3-7-21(31)8-4-18)15-33-27(23)28(26(24)30(34)37)39-17-19-5-9-22(38-2)10-6-19/h3-10,14-16,35,37H,11-13,17H2,1-2H3,(H,32,36). The quantitative estimate of drug-likeness (QED) is 0.260. The van der Waals surface area contributed by atoms with Gasteiger partial charge < -0.3 is 29.6 Å². The molecule has 0 saturated carbocycles. The Bertz CT molecular complexity index is 1650. The van der Waals surface area contributed by atoms with Gasteiger partial charge in [-0.05, 0) is 53.4 Å². The first-order valence-electron chi connectivity index (χ1n) is 12.4. The van der Waals surface area contributed by atoms with Gasteiger partial charge in [-0.15, -0.1) is 0 Å². The Morgan fingerprint density at radius 1 is 1.05 bits per heavy atom. The SMILES string of the molecule is COc1ccc(COc2c3ncc(Cc4ccc(F)cc4)cc3c(C(=O)NCCO)c3cn(C)c(O)c23)cc1. The van der Waals surface area contributed by atoms with Gasteiger partial charge in [0.15, 0.2) is 5.75 Å². The Morgan fingerprint density at radius 2 is 1.77 bits per heavy atom. The smallest absolute Gasteiger partial charge is 0.252 e. The number of aryl methyl sites for hydroxylation is 1. The normalized spacial score (nSPS) is 11.2. The molecule has 8 nitrogen and oxygen atoms in total. The average molecular weight is 530 g/mol. The first-order valence-corrected chi connectivity index (χ1v) is 12.4. The molecule has 200 valence electrons. The number of carbonyl (C=O) groups excluding carboxylic acids is 1. The van der Waals surface area contributed by atoms with Crippen LogP contribution in [0.1, 0.15) is 27.0 Å². The van der Waals surface area contributed by atoms with Crippen molar-refractivity contribution in [3.63, 3.8) is 0 Å². The molecule has 0 aliphatic carbocycles. The van der Waals surface area contributed by atoms with Crippen LogP contribution < -0.4 is 14.8 Å². The zero-order valence-corrected chi connectivity index (χ0v) is 21.6. The summed E-state index contributed by atoms with van der Waals surface area (Å²) in [6, 6.07) is 15.5. The molecule has 0 spiro atoms. The van der Waals surface area contributed by atoms with Gasteiger partial charge in [0.2, 0.25) is 5.88 Å². The lowest BCUT2D eigenvalue weighted by Gasteiger charge is -2.16. The third kappa shape index (κ3) is 5.21. The molecule has 3 N–H and O–H groups in total. The number of methoxy groups -OCH3 is 1. The van der Waals surface area contributed by atoms with E-state index in [4.69, 9.17) is 9.47 Å². The Morgan fingerprint density at radius 3 is 2.46 bits per heavy atom. The van der Waals surface area contributed by atoms with E-state index in [0.717, 1.165) is 22.4 Å². The lowest BCUT2D eigenvalue weighted by Crippen LogP contribution is -2.26. The minimum Gasteiger partial charge on any atom is -0.497 e. The van der Waals surface area contributed by atoms with Gasteiger partial charge in [0, 0.05) is 36.8 Å². The highest BCUT2D eigenvalue weighted by molar-refractivity contribution is 6.21. The summed E-state index contributed by atoms with van der Waals surface area (Å²) in [4.78, 5) is 18.1. The lowest BCUT2D eigenvalue weighted by molar-refractivity contribution is 0.0948. The number of aromatic nitrogens is 2. The molecular formula is C30H28FN3O5. The van der Waals surface area contributed by atoms with Crippen molar-refractivity contribution in [2.45, 2.75) is 13.0 Å². The van der Waals surface area contributed by atoms with E-state index in [1.54, 1.807) is 38.7 Å². The van der Waals surface area contributed by atoms with Crippen LogP contribution >= 0.6 is 0 Å². The van der Waals surface area contributed by atoms with Crippen molar-refractivity contribution in [3.05, 3.63) is 95.1 Å². The summed E-state index contributed by atoms with van der Waals surface area (Å²) >= 11 is 0. The molecule has 0 radical (unpaired) electrons. The Labute approximate surface area is 224 Å². The number of nitrogens with one attached hydrogen (secondary N) is 1. The number of aliphatic hydroxyl groups excluding tert-OH is 1. The van der Waals surface area contributed by atoms with Crippen molar-refractivity contribution in [1.82, 2.24) is 14.9 Å². The molecule has 3 aromatic carbocycles. The molecule has 0 saturated heterocycles. The minimum atomic E-state index is -0.410. The molecule has 39 heavy (non-hydrogen) atoms. The van der Waals surface area contributed by atoms with Crippen molar-refractivity contribution in [1.29, 1.82) is 0 Å². The summed E-state index contributed by atoms with van der Waals surface area (Å²) in [5, 5.41) is 24.4. The molecular weight excluding hydrogens is 501 g/mol. The maximum absolute atomic E-state index is 13.4. The third-order valence-electron chi connectivity index (χ3n) is 6.56. The summed E-state index contributed by atoms with van der Waals surface area (Å²) in [6.45, 7) is 0.0423. The molecule has 0 atom stereocenters. The fraction of sp³-hybridized carbons (Fsp3) is 0.200. The number of rotatable bonds is 9. The second-order valence-electron chi connectivity index (χ2n) is 9.22. The van der Waals surface area contributed by atoms with E-state index in [1.807, 2.05) is 30.3 Å². The summed E-state index contributed by atoms with van der Waals surface area (Å²) < 4.78 is 26.5. The maximum atomic E-state index is 13.4. The number of aliphatic hydroxyl groups is 1. The molecule has 5 rings (SSSR count). The molecule has 0 bridgehead atoms. The Balaban J connectivity index is 1.67. The van der Waals surface area contributed by atoms with Gasteiger partial charge in [-0.25, -0.2) is 4.39 Å². The van der Waals surface area contributed by atoms with E-state index in [9.17, 15) is 19.4 Å². The topological polar surface area (TPSA) is 106 Å². The zero-order valence-electron chi connectivity index (χ0n) is 21.6. The molecule has 5 aromatic rings. The maximum Gasteiger partial charge on any atom is 0.252 e. The number of ether oxygens (including phenoxy) is 2. The molecule has 1 amide bonds. The highest BCUT2D eigenvalue weighted by Crippen LogP contribution is 2.43. The molecule has 0 aliphatic rings. The number of hydrogen-bond donors (Lipinski definition) is 3. The van der Waals surface area contributed by atoms with E-state index < -0.39 is 5.91 Å². The van der Waals surface area contributed by atoms with E-state index in [-0.39, 0.29) is 31.5 Å². The Hall–Kier alpha value is -4.63. The number of benzene rings is 3. The first-order chi connectivity index (χ1) is 18.9. The van der Waals surface area contributed by atoms with Crippen molar-refractivity contribution in [2.75, 3.05) is 20.3 Å². The van der Waals surface area contributed by atoms with Crippen LogP contribution in [0.2, 0.25) is 0 Å². The third-order valence-corrected chi connectivity index (χ3v) is 6.56. The summed E-state index contributed by atoms with van der Waals surface area (Å²) in [6.07, 6.45) is 3.83. The largest absolute Gasteiger partial charge is 0.497 e. The van der Waals surface area contributed by atoms with Crippen LogP contribution in [0.25, 0.3) is 21.7 Å². The fourth-order valence-corrected chi connectivity index (χ4v) is 4.63. The van der Waals surface area contributed by atoms with E-state index in [1.165, 1.54) is 16.7 Å². The number of aromatic hydroxyl groups is 1. The summed E-state index contributed by atoms with van der Waals surface area (Å²) in [7, 11) is 3.27. The van der Waals surface area contributed by atoms with Crippen molar-refractivity contribution >= 4 is 27.6 Å². The van der Waals surface area contributed by atoms with Crippen LogP contribution in [-0.4, -0.2) is 45.9 Å². The first kappa shape index (κ1) is 26.0. The summed E-state index contributed by atoms with van der Waals surface area (Å²) in [5.74, 6) is 0.280. The van der Waals surface area contributed by atoms with Gasteiger partial charge in [0.25, 0.3) is 5.91 Å². The molecule has 9 heteroatoms. The second-order valence-corrected chi connectivity index (χ2v) is 9.22. The average Bonchev–Trinajstić information content (AvgIpc) is 3.24. The van der Waals surface area contributed by atoms with Gasteiger partial charge in [-0.2, -0.15) is 0 Å². The van der Waals surface area contributed by atoms with E-state index in [0.29, 0.717) is 39.4 Å². The van der Waals surface area contributed by atoms with Crippen LogP contribution in [0.3, 0.4) is 0 Å². The van der Waals surface area contributed by atoms with Gasteiger partial charge in [0.05, 0.1) is 24.7 Å². The van der Waals surface area contributed by atoms with Crippen LogP contribution in [0.5, 0.6) is 17.4 Å².